The minimum atomic E-state index is -3.13. The van der Waals surface area contributed by atoms with Gasteiger partial charge in [0, 0.05) is 24.1 Å². The van der Waals surface area contributed by atoms with Crippen molar-refractivity contribution in [2.45, 2.75) is 44.0 Å². The molecule has 11 heteroatoms. The third kappa shape index (κ3) is 7.97. The summed E-state index contributed by atoms with van der Waals surface area (Å²) in [6, 6.07) is 4.63. The topological polar surface area (TPSA) is 122 Å². The number of alkyl halides is 1. The van der Waals surface area contributed by atoms with Crippen LogP contribution in [0, 0.1) is 10.1 Å². The van der Waals surface area contributed by atoms with E-state index in [1.807, 2.05) is 33.1 Å². The number of ether oxygens (including phenoxy) is 1. The number of nitro benzene ring substituents is 1. The molecule has 1 atom stereocenters. The van der Waals surface area contributed by atoms with E-state index in [1.165, 1.54) is 17.8 Å². The maximum atomic E-state index is 11.2. The second kappa shape index (κ2) is 9.10. The van der Waals surface area contributed by atoms with Crippen molar-refractivity contribution in [2.75, 3.05) is 5.32 Å². The number of benzene rings is 1. The first-order valence-corrected chi connectivity index (χ1v) is 10.1. The van der Waals surface area contributed by atoms with E-state index in [-0.39, 0.29) is 11.2 Å². The molecule has 0 fully saturated rings. The van der Waals surface area contributed by atoms with Crippen LogP contribution in [-0.2, 0) is 4.57 Å². The van der Waals surface area contributed by atoms with E-state index >= 15 is 0 Å². The summed E-state index contributed by atoms with van der Waals surface area (Å²) >= 11 is 7.83. The molecule has 146 valence electrons. The molecule has 3 N–H and O–H groups in total. The van der Waals surface area contributed by atoms with Crippen molar-refractivity contribution < 1.29 is 24.0 Å². The molecule has 1 aliphatic heterocycles. The zero-order valence-corrected chi connectivity index (χ0v) is 17.3. The van der Waals surface area contributed by atoms with Crippen LogP contribution in [0.5, 0.6) is 5.75 Å². The van der Waals surface area contributed by atoms with E-state index in [0.717, 1.165) is 5.57 Å². The summed E-state index contributed by atoms with van der Waals surface area (Å²) in [4.78, 5) is 25.1. The first kappa shape index (κ1) is 22.8. The molecule has 0 bridgehead atoms. The Bertz CT molecular complexity index is 721. The van der Waals surface area contributed by atoms with E-state index < -0.39 is 17.6 Å². The molecular formula is C15H22ClN2O6PS. The SMILES string of the molecule is CC1=CSC(Cl)(Oc2ccc([N+](=O)[O-])c(NC(C)(C)C)c2)C1.O=[PH](O)O. The van der Waals surface area contributed by atoms with Crippen molar-refractivity contribution in [3.8, 4) is 5.75 Å². The van der Waals surface area contributed by atoms with Gasteiger partial charge < -0.3 is 19.8 Å². The second-order valence-electron chi connectivity index (χ2n) is 6.61. The largest absolute Gasteiger partial charge is 0.462 e. The molecule has 0 amide bonds. The summed E-state index contributed by atoms with van der Waals surface area (Å²) in [7, 11) is -3.13. The van der Waals surface area contributed by atoms with Crippen LogP contribution in [0.25, 0.3) is 0 Å². The maximum Gasteiger partial charge on any atom is 0.314 e. The fourth-order valence-corrected chi connectivity index (χ4v) is 3.43. The summed E-state index contributed by atoms with van der Waals surface area (Å²) in [6.45, 7) is 7.80. The molecule has 1 aromatic rings. The summed E-state index contributed by atoms with van der Waals surface area (Å²) in [5.41, 5.74) is 1.28. The molecular weight excluding hydrogens is 403 g/mol. The van der Waals surface area contributed by atoms with Crippen molar-refractivity contribution in [2.24, 2.45) is 0 Å². The molecule has 0 aromatic heterocycles. The van der Waals surface area contributed by atoms with Crippen molar-refractivity contribution in [3.63, 3.8) is 0 Å². The van der Waals surface area contributed by atoms with Gasteiger partial charge in [-0.15, -0.1) is 0 Å². The standard InChI is InChI=1S/C15H19ClN2O3S.H3O3P/c1-10-8-15(16,22-9-10)21-11-5-6-13(18(19)20)12(7-11)17-14(2,3)4;1-4(2)3/h5-7,9,17H,8H2,1-4H3;4H,(H2,1,2,3). The Morgan fingerprint density at radius 2 is 2.00 bits per heavy atom. The van der Waals surface area contributed by atoms with Gasteiger partial charge in [0.15, 0.2) is 0 Å². The lowest BCUT2D eigenvalue weighted by molar-refractivity contribution is -0.384. The highest BCUT2D eigenvalue weighted by Gasteiger charge is 2.35. The van der Waals surface area contributed by atoms with E-state index in [0.29, 0.717) is 17.9 Å². The molecule has 1 aliphatic rings. The molecule has 1 unspecified atom stereocenters. The monoisotopic (exact) mass is 424 g/mol. The predicted octanol–water partition coefficient (Wildman–Crippen LogP) is 4.48. The number of nitro groups is 1. The summed E-state index contributed by atoms with van der Waals surface area (Å²) in [5.74, 6) is 0.503. The van der Waals surface area contributed by atoms with Crippen LogP contribution in [0.4, 0.5) is 11.4 Å². The number of nitrogens with zero attached hydrogens (tertiary/aromatic N) is 1. The molecule has 26 heavy (non-hydrogen) atoms. The lowest BCUT2D eigenvalue weighted by Gasteiger charge is -2.25. The maximum absolute atomic E-state index is 11.2. The van der Waals surface area contributed by atoms with Crippen molar-refractivity contribution in [1.82, 2.24) is 0 Å². The van der Waals surface area contributed by atoms with E-state index in [2.05, 4.69) is 5.32 Å². The number of rotatable bonds is 4. The molecule has 0 aliphatic carbocycles. The molecule has 0 saturated heterocycles. The average Bonchev–Trinajstić information content (AvgIpc) is 2.75. The predicted molar refractivity (Wildman–Crippen MR) is 105 cm³/mol. The Balaban J connectivity index is 0.000000765. The number of thioether (sulfide) groups is 1. The Morgan fingerprint density at radius 3 is 2.42 bits per heavy atom. The van der Waals surface area contributed by atoms with E-state index in [1.54, 1.807) is 12.1 Å². The van der Waals surface area contributed by atoms with Gasteiger partial charge in [-0.2, -0.15) is 0 Å². The van der Waals surface area contributed by atoms with Crippen LogP contribution in [0.3, 0.4) is 0 Å². The minimum Gasteiger partial charge on any atom is -0.462 e. The lowest BCUT2D eigenvalue weighted by Crippen LogP contribution is -2.27. The van der Waals surface area contributed by atoms with Crippen LogP contribution in [0.2, 0.25) is 0 Å². The van der Waals surface area contributed by atoms with Crippen LogP contribution in [0.1, 0.15) is 34.1 Å². The molecule has 0 spiro atoms. The van der Waals surface area contributed by atoms with Gasteiger partial charge in [0.1, 0.15) is 11.4 Å². The van der Waals surface area contributed by atoms with Crippen LogP contribution in [0.15, 0.2) is 29.2 Å². The zero-order chi connectivity index (χ0) is 20.1. The first-order valence-electron chi connectivity index (χ1n) is 7.51. The first-order chi connectivity index (χ1) is 11.8. The quantitative estimate of drug-likeness (QED) is 0.280. The minimum absolute atomic E-state index is 0.0132. The number of nitrogens with one attached hydrogen (secondary N) is 1. The van der Waals surface area contributed by atoms with Crippen molar-refractivity contribution in [3.05, 3.63) is 39.3 Å². The van der Waals surface area contributed by atoms with Gasteiger partial charge in [-0.25, -0.2) is 0 Å². The van der Waals surface area contributed by atoms with Crippen LogP contribution >= 0.6 is 31.6 Å². The highest BCUT2D eigenvalue weighted by molar-refractivity contribution is 8.04. The normalized spacial score (nSPS) is 19.5. The highest BCUT2D eigenvalue weighted by Crippen LogP contribution is 2.45. The number of halogens is 1. The molecule has 8 nitrogen and oxygen atoms in total. The number of anilines is 1. The van der Waals surface area contributed by atoms with Gasteiger partial charge in [0.25, 0.3) is 5.69 Å². The Morgan fingerprint density at radius 1 is 1.42 bits per heavy atom. The van der Waals surface area contributed by atoms with E-state index in [9.17, 15) is 10.1 Å². The van der Waals surface area contributed by atoms with Gasteiger partial charge in [-0.1, -0.05) is 28.9 Å². The molecule has 1 aromatic carbocycles. The molecule has 1 heterocycles. The van der Waals surface area contributed by atoms with E-state index in [4.69, 9.17) is 30.7 Å². The fourth-order valence-electron chi connectivity index (χ4n) is 2.08. The van der Waals surface area contributed by atoms with Gasteiger partial charge in [0.05, 0.1) is 4.92 Å². The fraction of sp³-hybridized carbons (Fsp3) is 0.467. The van der Waals surface area contributed by atoms with Gasteiger partial charge >= 0.3 is 8.25 Å². The highest BCUT2D eigenvalue weighted by atomic mass is 35.5. The van der Waals surface area contributed by atoms with Gasteiger partial charge in [-0.05, 0) is 39.2 Å². The third-order valence-electron chi connectivity index (χ3n) is 2.87. The third-order valence-corrected chi connectivity index (χ3v) is 4.45. The Hall–Kier alpha value is -1.25. The zero-order valence-electron chi connectivity index (χ0n) is 14.8. The summed E-state index contributed by atoms with van der Waals surface area (Å²) in [6.07, 6.45) is 0.609. The number of hydrogen-bond donors (Lipinski definition) is 3. The Labute approximate surface area is 161 Å². The van der Waals surface area contributed by atoms with Crippen molar-refractivity contribution in [1.29, 1.82) is 0 Å². The average molecular weight is 425 g/mol. The smallest absolute Gasteiger partial charge is 0.314 e. The lowest BCUT2D eigenvalue weighted by atomic mass is 10.1. The van der Waals surface area contributed by atoms with Gasteiger partial charge in [-0.3, -0.25) is 14.7 Å². The summed E-state index contributed by atoms with van der Waals surface area (Å²) < 4.78 is 13.7. The molecule has 0 saturated carbocycles. The van der Waals surface area contributed by atoms with Crippen LogP contribution < -0.4 is 10.1 Å². The second-order valence-corrected chi connectivity index (χ2v) is 9.15. The number of hydrogen-bond acceptors (Lipinski definition) is 6. The molecule has 0 radical (unpaired) electrons. The molecule has 2 rings (SSSR count). The van der Waals surface area contributed by atoms with Crippen molar-refractivity contribution >= 4 is 43.0 Å². The summed E-state index contributed by atoms with van der Waals surface area (Å²) in [5, 5.41) is 16.3. The Kier molecular flexibility index (Phi) is 7.98. The van der Waals surface area contributed by atoms with Crippen LogP contribution in [-0.4, -0.2) is 24.6 Å². The van der Waals surface area contributed by atoms with Gasteiger partial charge in [0.2, 0.25) is 4.39 Å².